The molecule has 0 radical (unpaired) electrons. The Morgan fingerprint density at radius 1 is 1.38 bits per heavy atom. The molecule has 1 atom stereocenters. The molecule has 1 spiro atoms. The maximum absolute atomic E-state index is 12.4. The van der Waals surface area contributed by atoms with E-state index in [1.165, 1.54) is 11.0 Å². The van der Waals surface area contributed by atoms with Crippen LogP contribution in [0.25, 0.3) is 0 Å². The number of anilines is 1. The second-order valence-corrected chi connectivity index (χ2v) is 5.61. The number of hydrogen-bond donors (Lipinski definition) is 3. The Morgan fingerprint density at radius 3 is 2.76 bits per heavy atom. The number of amides is 4. The minimum atomic E-state index is -1.01. The van der Waals surface area contributed by atoms with E-state index in [4.69, 9.17) is 17.3 Å². The van der Waals surface area contributed by atoms with Gasteiger partial charge in [0.15, 0.2) is 0 Å². The summed E-state index contributed by atoms with van der Waals surface area (Å²) in [7, 11) is 0. The van der Waals surface area contributed by atoms with Gasteiger partial charge < -0.3 is 16.0 Å². The van der Waals surface area contributed by atoms with Gasteiger partial charge in [-0.3, -0.25) is 14.9 Å². The van der Waals surface area contributed by atoms with Crippen LogP contribution in [0.4, 0.5) is 10.5 Å². The molecule has 0 aromatic heterocycles. The largest absolute Gasteiger partial charge is 0.398 e. The molecule has 2 heterocycles. The average Bonchev–Trinajstić information content (AvgIpc) is 2.97. The zero-order valence-corrected chi connectivity index (χ0v) is 11.7. The van der Waals surface area contributed by atoms with Gasteiger partial charge in [-0.2, -0.15) is 0 Å². The topological polar surface area (TPSA) is 105 Å². The number of nitrogen functional groups attached to an aromatic ring is 1. The average molecular weight is 309 g/mol. The summed E-state index contributed by atoms with van der Waals surface area (Å²) in [6.45, 7) is 0.528. The monoisotopic (exact) mass is 308 g/mol. The van der Waals surface area contributed by atoms with Crippen LogP contribution in [0, 0.1) is 0 Å². The fourth-order valence-electron chi connectivity index (χ4n) is 2.64. The summed E-state index contributed by atoms with van der Waals surface area (Å²) in [6, 6.07) is 4.12. The van der Waals surface area contributed by atoms with Crippen LogP contribution in [0.2, 0.25) is 5.02 Å². The molecule has 0 bridgehead atoms. The van der Waals surface area contributed by atoms with Gasteiger partial charge in [-0.1, -0.05) is 11.6 Å². The van der Waals surface area contributed by atoms with Crippen LogP contribution >= 0.6 is 11.6 Å². The SMILES string of the molecule is Nc1ccc(C(=O)N2CCC3(C2)NC(=O)NC3=O)cc1Cl. The third-order valence-electron chi connectivity index (χ3n) is 3.82. The molecule has 0 saturated carbocycles. The van der Waals surface area contributed by atoms with Gasteiger partial charge in [0.25, 0.3) is 11.8 Å². The quantitative estimate of drug-likeness (QED) is 0.514. The van der Waals surface area contributed by atoms with E-state index in [0.29, 0.717) is 29.2 Å². The van der Waals surface area contributed by atoms with Crippen molar-refractivity contribution in [3.8, 4) is 0 Å². The fourth-order valence-corrected chi connectivity index (χ4v) is 2.82. The molecular formula is C13H13ClN4O3. The number of likely N-dealkylation sites (tertiary alicyclic amines) is 1. The standard InChI is InChI=1S/C13H13ClN4O3/c14-8-5-7(1-2-9(8)15)10(19)18-4-3-13(6-18)11(20)16-12(21)17-13/h1-2,5H,3-4,6,15H2,(H2,16,17,20,21). The molecule has 2 aliphatic rings. The van der Waals surface area contributed by atoms with Crippen LogP contribution in [0.3, 0.4) is 0 Å². The van der Waals surface area contributed by atoms with E-state index >= 15 is 0 Å². The van der Waals surface area contributed by atoms with Gasteiger partial charge in [0, 0.05) is 12.1 Å². The maximum atomic E-state index is 12.4. The van der Waals surface area contributed by atoms with Crippen molar-refractivity contribution >= 4 is 35.1 Å². The van der Waals surface area contributed by atoms with Gasteiger partial charge in [0.1, 0.15) is 5.54 Å². The van der Waals surface area contributed by atoms with E-state index in [0.717, 1.165) is 0 Å². The van der Waals surface area contributed by atoms with E-state index in [2.05, 4.69) is 10.6 Å². The fraction of sp³-hybridized carbons (Fsp3) is 0.308. The molecule has 4 amide bonds. The van der Waals surface area contributed by atoms with Crippen LogP contribution in [0.5, 0.6) is 0 Å². The molecule has 3 rings (SSSR count). The first-order valence-corrected chi connectivity index (χ1v) is 6.77. The van der Waals surface area contributed by atoms with E-state index in [1.54, 1.807) is 12.1 Å². The Kier molecular flexibility index (Phi) is 3.02. The lowest BCUT2D eigenvalue weighted by Gasteiger charge is -2.21. The third kappa shape index (κ3) is 2.19. The van der Waals surface area contributed by atoms with Crippen molar-refractivity contribution in [2.24, 2.45) is 0 Å². The number of rotatable bonds is 1. The molecule has 4 N–H and O–H groups in total. The lowest BCUT2D eigenvalue weighted by molar-refractivity contribution is -0.123. The molecule has 1 aromatic carbocycles. The number of urea groups is 1. The third-order valence-corrected chi connectivity index (χ3v) is 4.15. The molecule has 2 saturated heterocycles. The van der Waals surface area contributed by atoms with Crippen LogP contribution in [-0.2, 0) is 4.79 Å². The van der Waals surface area contributed by atoms with Gasteiger partial charge in [-0.05, 0) is 24.6 Å². The van der Waals surface area contributed by atoms with E-state index in [-0.39, 0.29) is 12.5 Å². The molecule has 0 aliphatic carbocycles. The number of carbonyl (C=O) groups is 3. The van der Waals surface area contributed by atoms with E-state index in [1.807, 2.05) is 0 Å². The van der Waals surface area contributed by atoms with Crippen molar-refractivity contribution in [2.45, 2.75) is 12.0 Å². The molecule has 2 fully saturated rings. The van der Waals surface area contributed by atoms with Crippen molar-refractivity contribution in [1.29, 1.82) is 0 Å². The van der Waals surface area contributed by atoms with E-state index in [9.17, 15) is 14.4 Å². The van der Waals surface area contributed by atoms with Gasteiger partial charge in [0.2, 0.25) is 0 Å². The number of hydrogen-bond acceptors (Lipinski definition) is 4. The smallest absolute Gasteiger partial charge is 0.322 e. The van der Waals surface area contributed by atoms with Crippen molar-refractivity contribution in [2.75, 3.05) is 18.8 Å². The Hall–Kier alpha value is -2.28. The first-order valence-electron chi connectivity index (χ1n) is 6.39. The second-order valence-electron chi connectivity index (χ2n) is 5.20. The number of imide groups is 1. The maximum Gasteiger partial charge on any atom is 0.322 e. The molecule has 1 aromatic rings. The summed E-state index contributed by atoms with van der Waals surface area (Å²) in [4.78, 5) is 37.0. The highest BCUT2D eigenvalue weighted by Crippen LogP contribution is 2.27. The number of nitrogens with one attached hydrogen (secondary N) is 2. The van der Waals surface area contributed by atoms with Gasteiger partial charge in [0.05, 0.1) is 17.3 Å². The zero-order chi connectivity index (χ0) is 15.2. The Morgan fingerprint density at radius 2 is 2.14 bits per heavy atom. The Labute approximate surface area is 125 Å². The van der Waals surface area contributed by atoms with Crippen molar-refractivity contribution in [3.05, 3.63) is 28.8 Å². The zero-order valence-electron chi connectivity index (χ0n) is 11.0. The minimum absolute atomic E-state index is 0.144. The summed E-state index contributed by atoms with van der Waals surface area (Å²) < 4.78 is 0. The lowest BCUT2D eigenvalue weighted by Crippen LogP contribution is -2.49. The number of nitrogens with zero attached hydrogens (tertiary/aromatic N) is 1. The minimum Gasteiger partial charge on any atom is -0.398 e. The predicted molar refractivity (Wildman–Crippen MR) is 75.8 cm³/mol. The summed E-state index contributed by atoms with van der Waals surface area (Å²) >= 11 is 5.91. The number of benzene rings is 1. The number of carbonyl (C=O) groups excluding carboxylic acids is 3. The number of nitrogens with two attached hydrogens (primary N) is 1. The summed E-state index contributed by atoms with van der Waals surface area (Å²) in [5.41, 5.74) is 5.40. The molecular weight excluding hydrogens is 296 g/mol. The Balaban J connectivity index is 1.80. The highest BCUT2D eigenvalue weighted by Gasteiger charge is 2.51. The Bertz CT molecular complexity index is 663. The highest BCUT2D eigenvalue weighted by atomic mass is 35.5. The van der Waals surface area contributed by atoms with Crippen LogP contribution in [-0.4, -0.2) is 41.4 Å². The van der Waals surface area contributed by atoms with Crippen LogP contribution in [0.1, 0.15) is 16.8 Å². The van der Waals surface area contributed by atoms with Crippen molar-refractivity contribution in [1.82, 2.24) is 15.5 Å². The van der Waals surface area contributed by atoms with Crippen LogP contribution in [0.15, 0.2) is 18.2 Å². The molecule has 8 heteroatoms. The summed E-state index contributed by atoms with van der Waals surface area (Å²) in [5.74, 6) is -0.638. The first-order chi connectivity index (χ1) is 9.91. The lowest BCUT2D eigenvalue weighted by atomic mass is 9.99. The van der Waals surface area contributed by atoms with Crippen LogP contribution < -0.4 is 16.4 Å². The summed E-state index contributed by atoms with van der Waals surface area (Å²) in [6.07, 6.45) is 0.388. The molecule has 110 valence electrons. The van der Waals surface area contributed by atoms with Crippen molar-refractivity contribution < 1.29 is 14.4 Å². The molecule has 21 heavy (non-hydrogen) atoms. The molecule has 7 nitrogen and oxygen atoms in total. The molecule has 1 unspecified atom stereocenters. The highest BCUT2D eigenvalue weighted by molar-refractivity contribution is 6.33. The second kappa shape index (κ2) is 4.63. The first kappa shape index (κ1) is 13.7. The van der Waals surface area contributed by atoms with Crippen molar-refractivity contribution in [3.63, 3.8) is 0 Å². The van der Waals surface area contributed by atoms with Gasteiger partial charge in [-0.15, -0.1) is 0 Å². The summed E-state index contributed by atoms with van der Waals surface area (Å²) in [5, 5.41) is 5.10. The predicted octanol–water partition coefficient (Wildman–Crippen LogP) is 0.346. The van der Waals surface area contributed by atoms with Gasteiger partial charge >= 0.3 is 6.03 Å². The molecule has 2 aliphatic heterocycles. The van der Waals surface area contributed by atoms with Gasteiger partial charge in [-0.25, -0.2) is 4.79 Å². The van der Waals surface area contributed by atoms with E-state index < -0.39 is 17.5 Å². The number of halogens is 1. The normalized spacial score (nSPS) is 24.3.